The highest BCUT2D eigenvalue weighted by molar-refractivity contribution is 7.08. The number of carbonyl (C=O) groups is 1. The predicted octanol–water partition coefficient (Wildman–Crippen LogP) is 2.43. The molecule has 122 valence electrons. The van der Waals surface area contributed by atoms with Crippen molar-refractivity contribution < 1.29 is 4.79 Å². The first-order valence-electron chi connectivity index (χ1n) is 7.89. The third kappa shape index (κ3) is 3.43. The van der Waals surface area contributed by atoms with Crippen molar-refractivity contribution in [3.8, 4) is 11.3 Å². The summed E-state index contributed by atoms with van der Waals surface area (Å²) in [7, 11) is 1.99. The normalized spacial score (nSPS) is 14.4. The van der Waals surface area contributed by atoms with Crippen molar-refractivity contribution in [3.05, 3.63) is 34.4 Å². The monoisotopic (exact) mass is 330 g/mol. The van der Waals surface area contributed by atoms with Gasteiger partial charge in [-0.15, -0.1) is 0 Å². The maximum absolute atomic E-state index is 12.6. The molecule has 0 spiro atoms. The topological polar surface area (TPSA) is 49.3 Å². The lowest BCUT2D eigenvalue weighted by atomic mass is 10.0. The molecule has 5 nitrogen and oxygen atoms in total. The number of fused-ring (bicyclic) bond motifs is 1. The first-order chi connectivity index (χ1) is 11.1. The maximum Gasteiger partial charge on any atom is 0.237 e. The van der Waals surface area contributed by atoms with Crippen molar-refractivity contribution in [2.75, 3.05) is 20.1 Å². The van der Waals surface area contributed by atoms with Crippen LogP contribution in [0.1, 0.15) is 25.1 Å². The molecule has 2 aromatic rings. The van der Waals surface area contributed by atoms with Gasteiger partial charge in [0.2, 0.25) is 5.91 Å². The summed E-state index contributed by atoms with van der Waals surface area (Å²) in [5, 5.41) is 4.14. The van der Waals surface area contributed by atoms with Gasteiger partial charge in [-0.3, -0.25) is 9.69 Å². The van der Waals surface area contributed by atoms with Crippen LogP contribution in [0.15, 0.2) is 23.2 Å². The molecule has 0 fully saturated rings. The van der Waals surface area contributed by atoms with Crippen LogP contribution in [0.4, 0.5) is 0 Å². The van der Waals surface area contributed by atoms with E-state index in [2.05, 4.69) is 40.2 Å². The van der Waals surface area contributed by atoms with E-state index in [1.54, 1.807) is 17.7 Å². The van der Waals surface area contributed by atoms with Crippen molar-refractivity contribution in [2.45, 2.75) is 32.9 Å². The quantitative estimate of drug-likeness (QED) is 0.864. The maximum atomic E-state index is 12.6. The molecule has 0 aromatic carbocycles. The number of likely N-dealkylation sites (N-methyl/N-ethyl adjacent to an activating group) is 1. The van der Waals surface area contributed by atoms with Gasteiger partial charge in [0.25, 0.3) is 0 Å². The van der Waals surface area contributed by atoms with E-state index in [-0.39, 0.29) is 5.91 Å². The van der Waals surface area contributed by atoms with Crippen LogP contribution in [0.5, 0.6) is 0 Å². The number of aromatic nitrogens is 2. The van der Waals surface area contributed by atoms with Gasteiger partial charge in [0, 0.05) is 42.1 Å². The van der Waals surface area contributed by atoms with Crippen molar-refractivity contribution >= 4 is 17.2 Å². The van der Waals surface area contributed by atoms with E-state index < -0.39 is 0 Å². The Morgan fingerprint density at radius 1 is 1.43 bits per heavy atom. The molecule has 1 amide bonds. The molecule has 3 heterocycles. The van der Waals surface area contributed by atoms with Crippen LogP contribution < -0.4 is 0 Å². The van der Waals surface area contributed by atoms with Gasteiger partial charge >= 0.3 is 0 Å². The second kappa shape index (κ2) is 6.76. The summed E-state index contributed by atoms with van der Waals surface area (Å²) < 4.78 is 0. The fraction of sp³-hybridized carbons (Fsp3) is 0.471. The zero-order valence-corrected chi connectivity index (χ0v) is 14.6. The summed E-state index contributed by atoms with van der Waals surface area (Å²) >= 11 is 1.66. The van der Waals surface area contributed by atoms with Crippen molar-refractivity contribution in [3.63, 3.8) is 0 Å². The Kier molecular flexibility index (Phi) is 4.73. The lowest BCUT2D eigenvalue weighted by molar-refractivity contribution is -0.133. The van der Waals surface area contributed by atoms with Crippen molar-refractivity contribution in [2.24, 2.45) is 0 Å². The van der Waals surface area contributed by atoms with Gasteiger partial charge < -0.3 is 4.90 Å². The number of nitrogens with zero attached hydrogens (tertiary/aromatic N) is 4. The highest BCUT2D eigenvalue weighted by Gasteiger charge is 2.25. The van der Waals surface area contributed by atoms with E-state index in [1.807, 2.05) is 17.3 Å². The smallest absolute Gasteiger partial charge is 0.237 e. The molecule has 0 N–H and O–H groups in total. The molecule has 0 saturated heterocycles. The summed E-state index contributed by atoms with van der Waals surface area (Å²) in [5.74, 6) is 0.173. The SMILES string of the molecule is CC(C)N(C)CC(=O)N1CCc2ncnc(-c3ccsc3)c2C1. The molecule has 2 aromatic heterocycles. The van der Waals surface area contributed by atoms with Crippen LogP contribution in [0.3, 0.4) is 0 Å². The largest absolute Gasteiger partial charge is 0.337 e. The number of hydrogen-bond acceptors (Lipinski definition) is 5. The Bertz CT molecular complexity index is 684. The van der Waals surface area contributed by atoms with E-state index in [0.717, 1.165) is 35.5 Å². The molecule has 0 saturated carbocycles. The van der Waals surface area contributed by atoms with E-state index in [0.29, 0.717) is 19.1 Å². The average molecular weight is 330 g/mol. The van der Waals surface area contributed by atoms with Gasteiger partial charge in [0.15, 0.2) is 0 Å². The third-order valence-electron chi connectivity index (χ3n) is 4.42. The minimum atomic E-state index is 0.173. The fourth-order valence-corrected chi connectivity index (χ4v) is 3.34. The highest BCUT2D eigenvalue weighted by Crippen LogP contribution is 2.28. The molecule has 0 unspecified atom stereocenters. The van der Waals surface area contributed by atoms with Gasteiger partial charge in [-0.2, -0.15) is 11.3 Å². The molecule has 0 aliphatic carbocycles. The van der Waals surface area contributed by atoms with Gasteiger partial charge in [0.05, 0.1) is 17.9 Å². The zero-order chi connectivity index (χ0) is 16.4. The van der Waals surface area contributed by atoms with Crippen LogP contribution in [0.25, 0.3) is 11.3 Å². The van der Waals surface area contributed by atoms with E-state index in [4.69, 9.17) is 0 Å². The molecule has 1 aliphatic heterocycles. The van der Waals surface area contributed by atoms with E-state index in [9.17, 15) is 4.79 Å². The summed E-state index contributed by atoms with van der Waals surface area (Å²) in [6, 6.07) is 2.43. The molecule has 0 atom stereocenters. The molecule has 3 rings (SSSR count). The minimum Gasteiger partial charge on any atom is -0.337 e. The number of thiophene rings is 1. The Labute approximate surface area is 141 Å². The molecular weight excluding hydrogens is 308 g/mol. The van der Waals surface area contributed by atoms with Crippen LogP contribution in [0, 0.1) is 0 Å². The predicted molar refractivity (Wildman–Crippen MR) is 92.2 cm³/mol. The minimum absolute atomic E-state index is 0.173. The Hall–Kier alpha value is -1.79. The van der Waals surface area contributed by atoms with Crippen LogP contribution in [0.2, 0.25) is 0 Å². The van der Waals surface area contributed by atoms with Crippen molar-refractivity contribution in [1.29, 1.82) is 0 Å². The summed E-state index contributed by atoms with van der Waals surface area (Å²) in [5.41, 5.74) is 4.24. The van der Waals surface area contributed by atoms with E-state index in [1.165, 1.54) is 0 Å². The Balaban J connectivity index is 1.81. The standard InChI is InChI=1S/C17H22N4OS/c1-12(2)20(3)9-16(22)21-6-4-15-14(8-21)17(19-11-18-15)13-5-7-23-10-13/h5,7,10-12H,4,6,8-9H2,1-3H3. The molecule has 6 heteroatoms. The molecular formula is C17H22N4OS. The summed E-state index contributed by atoms with van der Waals surface area (Å²) in [6.07, 6.45) is 2.43. The second-order valence-electron chi connectivity index (χ2n) is 6.23. The van der Waals surface area contributed by atoms with Gasteiger partial charge in [-0.1, -0.05) is 0 Å². The van der Waals surface area contributed by atoms with Crippen molar-refractivity contribution in [1.82, 2.24) is 19.8 Å². The second-order valence-corrected chi connectivity index (χ2v) is 7.01. The molecule has 0 radical (unpaired) electrons. The lowest BCUT2D eigenvalue weighted by Gasteiger charge is -2.31. The van der Waals surface area contributed by atoms with Crippen LogP contribution in [-0.2, 0) is 17.8 Å². The van der Waals surface area contributed by atoms with E-state index >= 15 is 0 Å². The summed E-state index contributed by atoms with van der Waals surface area (Å²) in [6.45, 7) is 5.99. The van der Waals surface area contributed by atoms with Crippen LogP contribution in [-0.4, -0.2) is 51.9 Å². The molecule has 1 aliphatic rings. The van der Waals surface area contributed by atoms with Crippen LogP contribution >= 0.6 is 11.3 Å². The third-order valence-corrected chi connectivity index (χ3v) is 5.10. The molecule has 23 heavy (non-hydrogen) atoms. The highest BCUT2D eigenvalue weighted by atomic mass is 32.1. The molecule has 0 bridgehead atoms. The number of hydrogen-bond donors (Lipinski definition) is 0. The lowest BCUT2D eigenvalue weighted by Crippen LogP contribution is -2.43. The Morgan fingerprint density at radius 3 is 2.96 bits per heavy atom. The van der Waals surface area contributed by atoms with Gasteiger partial charge in [-0.05, 0) is 32.3 Å². The first kappa shape index (κ1) is 16.1. The fourth-order valence-electron chi connectivity index (χ4n) is 2.70. The first-order valence-corrected chi connectivity index (χ1v) is 8.84. The van der Waals surface area contributed by atoms with Gasteiger partial charge in [0.1, 0.15) is 6.33 Å². The number of carbonyl (C=O) groups excluding carboxylic acids is 1. The number of amides is 1. The number of rotatable bonds is 4. The van der Waals surface area contributed by atoms with Gasteiger partial charge in [-0.25, -0.2) is 9.97 Å². The average Bonchev–Trinajstić information content (AvgIpc) is 3.07. The zero-order valence-electron chi connectivity index (χ0n) is 13.8. The Morgan fingerprint density at radius 2 is 2.26 bits per heavy atom. The summed E-state index contributed by atoms with van der Waals surface area (Å²) in [4.78, 5) is 25.4.